The number of rotatable bonds is 4. The van der Waals surface area contributed by atoms with Gasteiger partial charge in [-0.25, -0.2) is 14.8 Å². The standard InChI is InChI=1S/C11H11N3O2S/c1-7-6-17-10(14-7)5-12-8-2-3-9(11(15)16)13-4-8/h2-4,6,12H,5H2,1H3,(H,15,16). The highest BCUT2D eigenvalue weighted by atomic mass is 32.1. The van der Waals surface area contributed by atoms with E-state index in [9.17, 15) is 4.79 Å². The highest BCUT2D eigenvalue weighted by Gasteiger charge is 2.03. The number of carbonyl (C=O) groups is 1. The number of carboxylic acid groups (broad SMARTS) is 1. The molecule has 0 amide bonds. The number of aromatic carboxylic acids is 1. The van der Waals surface area contributed by atoms with Crippen LogP contribution in [0, 0.1) is 6.92 Å². The van der Waals surface area contributed by atoms with Crippen LogP contribution in [0.1, 0.15) is 21.2 Å². The zero-order valence-corrected chi connectivity index (χ0v) is 9.99. The number of anilines is 1. The van der Waals surface area contributed by atoms with Crippen molar-refractivity contribution >= 4 is 23.0 Å². The second-order valence-electron chi connectivity index (χ2n) is 3.47. The summed E-state index contributed by atoms with van der Waals surface area (Å²) in [5.74, 6) is -1.02. The number of thiazole rings is 1. The van der Waals surface area contributed by atoms with Gasteiger partial charge in [0.2, 0.25) is 0 Å². The zero-order valence-electron chi connectivity index (χ0n) is 9.17. The van der Waals surface area contributed by atoms with Crippen molar-refractivity contribution in [3.05, 3.63) is 40.1 Å². The minimum atomic E-state index is -1.02. The Morgan fingerprint density at radius 1 is 1.53 bits per heavy atom. The van der Waals surface area contributed by atoms with Gasteiger partial charge < -0.3 is 10.4 Å². The molecule has 0 aliphatic rings. The molecule has 2 aromatic rings. The molecular formula is C11H11N3O2S. The number of aromatic nitrogens is 2. The molecule has 6 heteroatoms. The van der Waals surface area contributed by atoms with Crippen LogP contribution in [-0.4, -0.2) is 21.0 Å². The van der Waals surface area contributed by atoms with E-state index < -0.39 is 5.97 Å². The summed E-state index contributed by atoms with van der Waals surface area (Å²) in [6.45, 7) is 2.57. The van der Waals surface area contributed by atoms with Crippen molar-refractivity contribution < 1.29 is 9.90 Å². The minimum Gasteiger partial charge on any atom is -0.477 e. The maximum atomic E-state index is 10.6. The van der Waals surface area contributed by atoms with Gasteiger partial charge in [0.1, 0.15) is 10.7 Å². The maximum Gasteiger partial charge on any atom is 0.354 e. The first-order valence-electron chi connectivity index (χ1n) is 4.99. The molecule has 17 heavy (non-hydrogen) atoms. The predicted octanol–water partition coefficient (Wildman–Crippen LogP) is 2.16. The third-order valence-corrected chi connectivity index (χ3v) is 3.06. The Labute approximate surface area is 102 Å². The quantitative estimate of drug-likeness (QED) is 0.868. The molecule has 2 rings (SSSR count). The van der Waals surface area contributed by atoms with Crippen molar-refractivity contribution in [1.29, 1.82) is 0 Å². The number of nitrogens with one attached hydrogen (secondary N) is 1. The molecule has 5 nitrogen and oxygen atoms in total. The van der Waals surface area contributed by atoms with Crippen molar-refractivity contribution in [2.45, 2.75) is 13.5 Å². The molecule has 2 N–H and O–H groups in total. The second kappa shape index (κ2) is 4.92. The van der Waals surface area contributed by atoms with E-state index in [0.717, 1.165) is 16.4 Å². The van der Waals surface area contributed by atoms with Gasteiger partial charge in [0, 0.05) is 11.1 Å². The first-order chi connectivity index (χ1) is 8.15. The molecule has 88 valence electrons. The van der Waals surface area contributed by atoms with E-state index in [4.69, 9.17) is 5.11 Å². The van der Waals surface area contributed by atoms with Gasteiger partial charge in [-0.3, -0.25) is 0 Å². The third-order valence-electron chi connectivity index (χ3n) is 2.09. The third kappa shape index (κ3) is 3.01. The fourth-order valence-electron chi connectivity index (χ4n) is 1.29. The lowest BCUT2D eigenvalue weighted by molar-refractivity contribution is 0.0690. The lowest BCUT2D eigenvalue weighted by Gasteiger charge is -2.03. The molecular weight excluding hydrogens is 238 g/mol. The van der Waals surface area contributed by atoms with Crippen LogP contribution >= 0.6 is 11.3 Å². The van der Waals surface area contributed by atoms with Crippen molar-refractivity contribution in [2.75, 3.05) is 5.32 Å². The highest BCUT2D eigenvalue weighted by Crippen LogP contribution is 2.12. The minimum absolute atomic E-state index is 0.0423. The molecule has 0 aromatic carbocycles. The Kier molecular flexibility index (Phi) is 3.34. The smallest absolute Gasteiger partial charge is 0.354 e. The average Bonchev–Trinajstić information content (AvgIpc) is 2.73. The van der Waals surface area contributed by atoms with Gasteiger partial charge in [0.15, 0.2) is 0 Å². The predicted molar refractivity (Wildman–Crippen MR) is 65.4 cm³/mol. The van der Waals surface area contributed by atoms with E-state index in [1.165, 1.54) is 12.3 Å². The van der Waals surface area contributed by atoms with Crippen molar-refractivity contribution in [1.82, 2.24) is 9.97 Å². The molecule has 0 aliphatic carbocycles. The molecule has 2 aromatic heterocycles. The van der Waals surface area contributed by atoms with Crippen LogP contribution in [0.15, 0.2) is 23.7 Å². The van der Waals surface area contributed by atoms with Crippen molar-refractivity contribution in [3.63, 3.8) is 0 Å². The fraction of sp³-hybridized carbons (Fsp3) is 0.182. The van der Waals surface area contributed by atoms with Gasteiger partial charge in [-0.2, -0.15) is 0 Å². The fourth-order valence-corrected chi connectivity index (χ4v) is 2.00. The molecule has 0 atom stereocenters. The van der Waals surface area contributed by atoms with E-state index in [0.29, 0.717) is 6.54 Å². The molecule has 0 spiro atoms. The molecule has 0 bridgehead atoms. The Balaban J connectivity index is 1.97. The van der Waals surface area contributed by atoms with Gasteiger partial charge in [-0.15, -0.1) is 11.3 Å². The Hall–Kier alpha value is -1.95. The summed E-state index contributed by atoms with van der Waals surface area (Å²) in [7, 11) is 0. The summed E-state index contributed by atoms with van der Waals surface area (Å²) in [4.78, 5) is 18.7. The van der Waals surface area contributed by atoms with E-state index in [1.807, 2.05) is 12.3 Å². The van der Waals surface area contributed by atoms with E-state index >= 15 is 0 Å². The van der Waals surface area contributed by atoms with Gasteiger partial charge in [0.25, 0.3) is 0 Å². The summed E-state index contributed by atoms with van der Waals surface area (Å²) in [6.07, 6.45) is 1.50. The monoisotopic (exact) mass is 249 g/mol. The van der Waals surface area contributed by atoms with Gasteiger partial charge in [-0.05, 0) is 19.1 Å². The number of carboxylic acids is 1. The molecule has 0 saturated carbocycles. The first kappa shape index (κ1) is 11.5. The summed E-state index contributed by atoms with van der Waals surface area (Å²) in [5, 5.41) is 14.8. The largest absolute Gasteiger partial charge is 0.477 e. The van der Waals surface area contributed by atoms with Crippen LogP contribution in [0.5, 0.6) is 0 Å². The molecule has 0 radical (unpaired) electrons. The summed E-state index contributed by atoms with van der Waals surface area (Å²) >= 11 is 1.59. The number of hydrogen-bond donors (Lipinski definition) is 2. The van der Waals surface area contributed by atoms with Crippen LogP contribution in [0.25, 0.3) is 0 Å². The Morgan fingerprint density at radius 3 is 2.88 bits per heavy atom. The average molecular weight is 249 g/mol. The van der Waals surface area contributed by atoms with Gasteiger partial charge in [-0.1, -0.05) is 0 Å². The normalized spacial score (nSPS) is 10.2. The topological polar surface area (TPSA) is 75.1 Å². The lowest BCUT2D eigenvalue weighted by Crippen LogP contribution is -2.03. The number of nitrogens with zero attached hydrogens (tertiary/aromatic N) is 2. The number of aryl methyl sites for hydroxylation is 1. The zero-order chi connectivity index (χ0) is 12.3. The summed E-state index contributed by atoms with van der Waals surface area (Å²) in [5.41, 5.74) is 1.83. The molecule has 0 saturated heterocycles. The maximum absolute atomic E-state index is 10.6. The first-order valence-corrected chi connectivity index (χ1v) is 5.87. The van der Waals surface area contributed by atoms with Crippen molar-refractivity contribution in [2.24, 2.45) is 0 Å². The molecule has 0 fully saturated rings. The molecule has 0 aliphatic heterocycles. The van der Waals surface area contributed by atoms with Crippen LogP contribution in [0.4, 0.5) is 5.69 Å². The van der Waals surface area contributed by atoms with E-state index in [1.54, 1.807) is 17.4 Å². The highest BCUT2D eigenvalue weighted by molar-refractivity contribution is 7.09. The Bertz CT molecular complexity index is 522. The SMILES string of the molecule is Cc1csc(CNc2ccc(C(=O)O)nc2)n1. The van der Waals surface area contributed by atoms with Crippen molar-refractivity contribution in [3.8, 4) is 0 Å². The Morgan fingerprint density at radius 2 is 2.35 bits per heavy atom. The van der Waals surface area contributed by atoms with E-state index in [-0.39, 0.29) is 5.69 Å². The van der Waals surface area contributed by atoms with E-state index in [2.05, 4.69) is 15.3 Å². The van der Waals surface area contributed by atoms with Gasteiger partial charge in [0.05, 0.1) is 18.4 Å². The number of hydrogen-bond acceptors (Lipinski definition) is 5. The van der Waals surface area contributed by atoms with Gasteiger partial charge >= 0.3 is 5.97 Å². The van der Waals surface area contributed by atoms with Crippen LogP contribution in [-0.2, 0) is 6.54 Å². The van der Waals surface area contributed by atoms with Crippen LogP contribution in [0.2, 0.25) is 0 Å². The lowest BCUT2D eigenvalue weighted by atomic mass is 10.3. The summed E-state index contributed by atoms with van der Waals surface area (Å²) < 4.78 is 0. The molecule has 2 heterocycles. The second-order valence-corrected chi connectivity index (χ2v) is 4.42. The van der Waals surface area contributed by atoms with Crippen LogP contribution in [0.3, 0.4) is 0 Å². The molecule has 0 unspecified atom stereocenters. The van der Waals surface area contributed by atoms with Crippen LogP contribution < -0.4 is 5.32 Å². The summed E-state index contributed by atoms with van der Waals surface area (Å²) in [6, 6.07) is 3.16. The number of pyridine rings is 1.